The van der Waals surface area contributed by atoms with Crippen molar-refractivity contribution in [3.8, 4) is 0 Å². The molecule has 0 rings (SSSR count). The number of nitrogens with zero attached hydrogens (tertiary/aromatic N) is 3. The molecule has 0 amide bonds. The van der Waals surface area contributed by atoms with Crippen LogP contribution in [0.2, 0.25) is 0 Å². The standard InChI is InChI=1S/C3H3F2N3/c4-2-1-3(5)7-8-6/h1-3H. The minimum atomic E-state index is -1.88. The van der Waals surface area contributed by atoms with E-state index in [0.29, 0.717) is 6.08 Å². The van der Waals surface area contributed by atoms with Gasteiger partial charge < -0.3 is 0 Å². The second-order valence-corrected chi connectivity index (χ2v) is 0.896. The van der Waals surface area contributed by atoms with Gasteiger partial charge in [-0.3, -0.25) is 0 Å². The van der Waals surface area contributed by atoms with Gasteiger partial charge in [-0.25, -0.2) is 8.78 Å². The fourth-order valence-electron chi connectivity index (χ4n) is 0.148. The van der Waals surface area contributed by atoms with Crippen molar-refractivity contribution in [3.05, 3.63) is 22.8 Å². The molecule has 0 saturated carbocycles. The predicted molar refractivity (Wildman–Crippen MR) is 24.3 cm³/mol. The lowest BCUT2D eigenvalue weighted by molar-refractivity contribution is 0.407. The van der Waals surface area contributed by atoms with Crippen LogP contribution < -0.4 is 0 Å². The Morgan fingerprint density at radius 1 is 1.75 bits per heavy atom. The van der Waals surface area contributed by atoms with Crippen molar-refractivity contribution in [2.24, 2.45) is 5.11 Å². The van der Waals surface area contributed by atoms with Crippen molar-refractivity contribution in [3.63, 3.8) is 0 Å². The van der Waals surface area contributed by atoms with Gasteiger partial charge in [-0.1, -0.05) is 5.11 Å². The van der Waals surface area contributed by atoms with Crippen molar-refractivity contribution >= 4 is 0 Å². The molecular formula is C3H3F2N3. The SMILES string of the molecule is [N-]=[N+]=NC(F)C=CF. The first kappa shape index (κ1) is 6.91. The summed E-state index contributed by atoms with van der Waals surface area (Å²) in [6.45, 7) is 0. The molecular weight excluding hydrogens is 116 g/mol. The molecule has 0 heterocycles. The van der Waals surface area contributed by atoms with Crippen LogP contribution in [0.4, 0.5) is 8.78 Å². The molecule has 0 aromatic heterocycles. The Bertz CT molecular complexity index is 126. The topological polar surface area (TPSA) is 48.8 Å². The van der Waals surface area contributed by atoms with Crippen LogP contribution in [0, 0.1) is 0 Å². The number of halogens is 2. The molecule has 0 fully saturated rings. The molecule has 0 aromatic rings. The fourth-order valence-corrected chi connectivity index (χ4v) is 0.148. The Kier molecular flexibility index (Phi) is 3.52. The lowest BCUT2D eigenvalue weighted by atomic mass is 10.6. The van der Waals surface area contributed by atoms with Gasteiger partial charge in [0.05, 0.1) is 6.33 Å². The number of hydrogen-bond acceptors (Lipinski definition) is 1. The Labute approximate surface area is 44.2 Å². The summed E-state index contributed by atoms with van der Waals surface area (Å²) in [5.74, 6) is 0. The first-order valence-electron chi connectivity index (χ1n) is 1.76. The zero-order valence-corrected chi connectivity index (χ0v) is 3.83. The van der Waals surface area contributed by atoms with E-state index >= 15 is 0 Å². The summed E-state index contributed by atoms with van der Waals surface area (Å²) in [6.07, 6.45) is -1.40. The van der Waals surface area contributed by atoms with Crippen LogP contribution in [0.25, 0.3) is 10.4 Å². The fraction of sp³-hybridized carbons (Fsp3) is 0.333. The van der Waals surface area contributed by atoms with Gasteiger partial charge in [0.2, 0.25) is 0 Å². The van der Waals surface area contributed by atoms with E-state index in [1.54, 1.807) is 0 Å². The third kappa shape index (κ3) is 3.11. The van der Waals surface area contributed by atoms with E-state index in [9.17, 15) is 8.78 Å². The van der Waals surface area contributed by atoms with Crippen LogP contribution in [-0.4, -0.2) is 6.30 Å². The monoisotopic (exact) mass is 119 g/mol. The molecule has 8 heavy (non-hydrogen) atoms. The summed E-state index contributed by atoms with van der Waals surface area (Å²) in [6, 6.07) is 0. The highest BCUT2D eigenvalue weighted by Gasteiger charge is 1.91. The lowest BCUT2D eigenvalue weighted by Gasteiger charge is -1.82. The molecule has 0 spiro atoms. The molecule has 1 atom stereocenters. The number of azide groups is 1. The van der Waals surface area contributed by atoms with Crippen LogP contribution in [0.1, 0.15) is 0 Å². The van der Waals surface area contributed by atoms with Crippen LogP contribution in [0.5, 0.6) is 0 Å². The largest absolute Gasteiger partial charge is 0.237 e. The van der Waals surface area contributed by atoms with E-state index in [1.165, 1.54) is 0 Å². The van der Waals surface area contributed by atoms with Gasteiger partial charge in [-0.15, -0.1) is 0 Å². The Balaban J connectivity index is 3.64. The van der Waals surface area contributed by atoms with E-state index < -0.39 is 6.30 Å². The van der Waals surface area contributed by atoms with Crippen molar-refractivity contribution in [2.75, 3.05) is 0 Å². The number of rotatable bonds is 2. The van der Waals surface area contributed by atoms with E-state index in [-0.39, 0.29) is 6.33 Å². The van der Waals surface area contributed by atoms with E-state index in [4.69, 9.17) is 5.53 Å². The average molecular weight is 119 g/mol. The van der Waals surface area contributed by atoms with Gasteiger partial charge in [0.25, 0.3) is 0 Å². The summed E-state index contributed by atoms with van der Waals surface area (Å²) in [5.41, 5.74) is 7.53. The number of alkyl halides is 1. The molecule has 0 aromatic carbocycles. The second-order valence-electron chi connectivity index (χ2n) is 0.896. The first-order valence-corrected chi connectivity index (χ1v) is 1.76. The molecule has 0 aliphatic rings. The summed E-state index contributed by atoms with van der Waals surface area (Å²) in [5, 5.41) is 2.50. The third-order valence-corrected chi connectivity index (χ3v) is 0.393. The Morgan fingerprint density at radius 2 is 2.38 bits per heavy atom. The highest BCUT2D eigenvalue weighted by molar-refractivity contribution is 4.80. The summed E-state index contributed by atoms with van der Waals surface area (Å²) < 4.78 is 22.6. The molecule has 0 aliphatic heterocycles. The molecule has 3 nitrogen and oxygen atoms in total. The van der Waals surface area contributed by atoms with E-state index in [2.05, 4.69) is 10.0 Å². The summed E-state index contributed by atoms with van der Waals surface area (Å²) >= 11 is 0. The first-order chi connectivity index (χ1) is 3.81. The van der Waals surface area contributed by atoms with Crippen molar-refractivity contribution in [1.29, 1.82) is 0 Å². The maximum atomic E-state index is 11.7. The predicted octanol–water partition coefficient (Wildman–Crippen LogP) is 2.08. The smallest absolute Gasteiger partial charge is 0.199 e. The molecule has 0 N–H and O–H groups in total. The van der Waals surface area contributed by atoms with Crippen LogP contribution >= 0.6 is 0 Å². The van der Waals surface area contributed by atoms with Crippen LogP contribution in [0.3, 0.4) is 0 Å². The van der Waals surface area contributed by atoms with Crippen molar-refractivity contribution < 1.29 is 8.78 Å². The van der Waals surface area contributed by atoms with Gasteiger partial charge in [-0.05, 0) is 11.6 Å². The molecule has 1 unspecified atom stereocenters. The molecule has 0 bridgehead atoms. The van der Waals surface area contributed by atoms with Gasteiger partial charge in [0.1, 0.15) is 0 Å². The maximum Gasteiger partial charge on any atom is 0.199 e. The van der Waals surface area contributed by atoms with Crippen molar-refractivity contribution in [2.45, 2.75) is 6.30 Å². The Hall–Kier alpha value is -1.09. The normalized spacial score (nSPS) is 13.2. The molecule has 0 saturated heterocycles. The Morgan fingerprint density at radius 3 is 2.75 bits per heavy atom. The van der Waals surface area contributed by atoms with Gasteiger partial charge in [0.15, 0.2) is 6.30 Å². The molecule has 0 radical (unpaired) electrons. The zero-order valence-electron chi connectivity index (χ0n) is 3.83. The van der Waals surface area contributed by atoms with Crippen molar-refractivity contribution in [1.82, 2.24) is 0 Å². The second kappa shape index (κ2) is 4.08. The van der Waals surface area contributed by atoms with Crippen LogP contribution in [0.15, 0.2) is 17.5 Å². The zero-order chi connectivity index (χ0) is 6.41. The average Bonchev–Trinajstić information content (AvgIpc) is 1.68. The van der Waals surface area contributed by atoms with E-state index in [0.717, 1.165) is 0 Å². The maximum absolute atomic E-state index is 11.7. The quantitative estimate of drug-likeness (QED) is 0.231. The van der Waals surface area contributed by atoms with E-state index in [1.807, 2.05) is 0 Å². The summed E-state index contributed by atoms with van der Waals surface area (Å²) in [4.78, 5) is 2.09. The molecule has 5 heteroatoms. The minimum Gasteiger partial charge on any atom is -0.237 e. The molecule has 0 aliphatic carbocycles. The number of hydrogen-bond donors (Lipinski definition) is 0. The van der Waals surface area contributed by atoms with Gasteiger partial charge >= 0.3 is 0 Å². The van der Waals surface area contributed by atoms with Gasteiger partial charge in [-0.2, -0.15) is 0 Å². The highest BCUT2D eigenvalue weighted by Crippen LogP contribution is 1.94. The van der Waals surface area contributed by atoms with Gasteiger partial charge in [0, 0.05) is 4.91 Å². The van der Waals surface area contributed by atoms with Crippen LogP contribution in [-0.2, 0) is 0 Å². The third-order valence-electron chi connectivity index (χ3n) is 0.393. The highest BCUT2D eigenvalue weighted by atomic mass is 19.1. The lowest BCUT2D eigenvalue weighted by Crippen LogP contribution is -1.83. The summed E-state index contributed by atoms with van der Waals surface area (Å²) in [7, 11) is 0. The molecule has 44 valence electrons. The minimum absolute atomic E-state index is 0.0145.